The molecule has 1 aliphatic heterocycles. The van der Waals surface area contributed by atoms with E-state index in [1.54, 1.807) is 47.3 Å². The third-order valence-electron chi connectivity index (χ3n) is 5.39. The summed E-state index contributed by atoms with van der Waals surface area (Å²) in [7, 11) is -3.52. The van der Waals surface area contributed by atoms with E-state index in [0.717, 1.165) is 5.56 Å². The number of sulfonamides is 1. The van der Waals surface area contributed by atoms with Crippen molar-refractivity contribution in [3.8, 4) is 0 Å². The van der Waals surface area contributed by atoms with Crippen LogP contribution >= 0.6 is 11.6 Å². The highest BCUT2D eigenvalue weighted by Gasteiger charge is 2.32. The molecule has 0 unspecified atom stereocenters. The predicted molar refractivity (Wildman–Crippen MR) is 119 cm³/mol. The van der Waals surface area contributed by atoms with Crippen LogP contribution in [-0.4, -0.2) is 41.5 Å². The quantitative estimate of drug-likeness (QED) is 0.611. The summed E-state index contributed by atoms with van der Waals surface area (Å²) in [5.74, 6) is 0.0760. The minimum absolute atomic E-state index is 0.139. The Kier molecular flexibility index (Phi) is 6.41. The Hall–Kier alpha value is -2.68. The molecule has 1 fully saturated rings. The molecule has 1 saturated heterocycles. The number of anilines is 1. The van der Waals surface area contributed by atoms with Gasteiger partial charge in [0, 0.05) is 36.3 Å². The summed E-state index contributed by atoms with van der Waals surface area (Å²) in [6.45, 7) is 1.14. The molecule has 7 nitrogen and oxygen atoms in total. The highest BCUT2D eigenvalue weighted by atomic mass is 35.5. The van der Waals surface area contributed by atoms with Crippen LogP contribution in [0.1, 0.15) is 18.4 Å². The largest absolute Gasteiger partial charge is 0.309 e. The molecule has 1 aromatic heterocycles. The molecule has 1 aliphatic rings. The van der Waals surface area contributed by atoms with Crippen molar-refractivity contribution in [2.24, 2.45) is 5.92 Å². The maximum atomic E-state index is 12.7. The van der Waals surface area contributed by atoms with E-state index in [9.17, 15) is 13.2 Å². The van der Waals surface area contributed by atoms with E-state index in [1.807, 2.05) is 24.3 Å². The molecule has 31 heavy (non-hydrogen) atoms. The van der Waals surface area contributed by atoms with Crippen molar-refractivity contribution in [2.75, 3.05) is 18.4 Å². The zero-order valence-electron chi connectivity index (χ0n) is 16.8. The molecule has 0 aliphatic carbocycles. The Labute approximate surface area is 186 Å². The molecule has 9 heteroatoms. The van der Waals surface area contributed by atoms with Gasteiger partial charge >= 0.3 is 0 Å². The Bertz CT molecular complexity index is 1160. The van der Waals surface area contributed by atoms with E-state index < -0.39 is 10.0 Å². The van der Waals surface area contributed by atoms with E-state index in [4.69, 9.17) is 11.6 Å². The van der Waals surface area contributed by atoms with E-state index >= 15 is 0 Å². The Morgan fingerprint density at radius 2 is 1.71 bits per heavy atom. The first-order chi connectivity index (χ1) is 14.9. The van der Waals surface area contributed by atoms with Gasteiger partial charge < -0.3 is 5.32 Å². The average molecular weight is 459 g/mol. The predicted octanol–water partition coefficient (Wildman–Crippen LogP) is 3.62. The van der Waals surface area contributed by atoms with Crippen molar-refractivity contribution >= 4 is 33.3 Å². The number of rotatable bonds is 6. The van der Waals surface area contributed by atoms with Gasteiger partial charge in [0.05, 0.1) is 11.4 Å². The molecule has 2 aromatic carbocycles. The zero-order chi connectivity index (χ0) is 21.8. The van der Waals surface area contributed by atoms with E-state index in [-0.39, 0.29) is 16.7 Å². The minimum atomic E-state index is -3.52. The second-order valence-electron chi connectivity index (χ2n) is 7.47. The van der Waals surface area contributed by atoms with Crippen molar-refractivity contribution < 1.29 is 13.2 Å². The van der Waals surface area contributed by atoms with E-state index in [1.165, 1.54) is 4.31 Å². The number of hydrogen-bond donors (Lipinski definition) is 1. The topological polar surface area (TPSA) is 84.3 Å². The number of nitrogens with one attached hydrogen (secondary N) is 1. The minimum Gasteiger partial charge on any atom is -0.309 e. The number of carbonyl (C=O) groups is 1. The molecule has 0 atom stereocenters. The molecule has 0 radical (unpaired) electrons. The number of benzene rings is 2. The number of nitrogens with zero attached hydrogens (tertiary/aromatic N) is 3. The number of halogens is 1. The molecule has 4 rings (SSSR count). The third-order valence-corrected chi connectivity index (χ3v) is 7.67. The molecule has 0 bridgehead atoms. The van der Waals surface area contributed by atoms with Crippen LogP contribution in [0.2, 0.25) is 5.02 Å². The Balaban J connectivity index is 1.33. The fourth-order valence-corrected chi connectivity index (χ4v) is 5.33. The van der Waals surface area contributed by atoms with Crippen LogP contribution in [0.3, 0.4) is 0 Å². The smallest absolute Gasteiger partial charge is 0.243 e. The summed E-state index contributed by atoms with van der Waals surface area (Å²) in [5, 5.41) is 7.91. The monoisotopic (exact) mass is 458 g/mol. The lowest BCUT2D eigenvalue weighted by atomic mass is 9.97. The molecular weight excluding hydrogens is 436 g/mol. The highest BCUT2D eigenvalue weighted by Crippen LogP contribution is 2.25. The maximum Gasteiger partial charge on any atom is 0.243 e. The summed E-state index contributed by atoms with van der Waals surface area (Å²) in [6, 6.07) is 17.7. The van der Waals surface area contributed by atoms with Gasteiger partial charge in [0.1, 0.15) is 0 Å². The molecule has 0 saturated carbocycles. The second kappa shape index (κ2) is 9.21. The van der Waals surface area contributed by atoms with Crippen LogP contribution < -0.4 is 5.32 Å². The number of carbonyl (C=O) groups excluding carboxylic acids is 1. The number of aromatic nitrogens is 2. The van der Waals surface area contributed by atoms with Crippen molar-refractivity contribution in [1.29, 1.82) is 0 Å². The van der Waals surface area contributed by atoms with Crippen LogP contribution in [0.4, 0.5) is 5.82 Å². The molecule has 2 heterocycles. The summed E-state index contributed by atoms with van der Waals surface area (Å²) < 4.78 is 28.6. The third kappa shape index (κ3) is 4.98. The van der Waals surface area contributed by atoms with E-state index in [0.29, 0.717) is 43.3 Å². The Morgan fingerprint density at radius 3 is 2.42 bits per heavy atom. The fourth-order valence-electron chi connectivity index (χ4n) is 3.65. The highest BCUT2D eigenvalue weighted by molar-refractivity contribution is 7.89. The van der Waals surface area contributed by atoms with E-state index in [2.05, 4.69) is 10.4 Å². The molecule has 3 aromatic rings. The number of hydrogen-bond acceptors (Lipinski definition) is 4. The first-order valence-electron chi connectivity index (χ1n) is 10.1. The lowest BCUT2D eigenvalue weighted by Gasteiger charge is -2.30. The molecule has 1 N–H and O–H groups in total. The van der Waals surface area contributed by atoms with Crippen molar-refractivity contribution in [3.63, 3.8) is 0 Å². The van der Waals surface area contributed by atoms with Crippen molar-refractivity contribution in [3.05, 3.63) is 77.4 Å². The van der Waals surface area contributed by atoms with Gasteiger partial charge in [0.15, 0.2) is 5.82 Å². The lowest BCUT2D eigenvalue weighted by molar-refractivity contribution is -0.120. The van der Waals surface area contributed by atoms with Gasteiger partial charge in [-0.1, -0.05) is 48.0 Å². The van der Waals surface area contributed by atoms with Crippen LogP contribution in [0, 0.1) is 5.92 Å². The van der Waals surface area contributed by atoms with Gasteiger partial charge in [-0.3, -0.25) is 9.48 Å². The van der Waals surface area contributed by atoms with Gasteiger partial charge in [0.2, 0.25) is 15.9 Å². The lowest BCUT2D eigenvalue weighted by Crippen LogP contribution is -2.41. The van der Waals surface area contributed by atoms with Gasteiger partial charge in [0.25, 0.3) is 0 Å². The van der Waals surface area contributed by atoms with Gasteiger partial charge in [-0.2, -0.15) is 9.40 Å². The van der Waals surface area contributed by atoms with Crippen LogP contribution in [0.25, 0.3) is 0 Å². The number of amides is 1. The SMILES string of the molecule is O=C(Nc1ccn(Cc2ccccc2Cl)n1)C1CCN(S(=O)(=O)c2ccccc2)CC1. The first-order valence-corrected chi connectivity index (χ1v) is 11.9. The summed E-state index contributed by atoms with van der Waals surface area (Å²) >= 11 is 6.19. The second-order valence-corrected chi connectivity index (χ2v) is 9.82. The summed E-state index contributed by atoms with van der Waals surface area (Å²) in [5.41, 5.74) is 0.942. The molecule has 1 amide bonds. The first kappa shape index (κ1) is 21.5. The standard InChI is InChI=1S/C22H23ClN4O3S/c23-20-9-5-4-6-18(20)16-26-13-12-21(25-26)24-22(28)17-10-14-27(15-11-17)31(29,30)19-7-2-1-3-8-19/h1-9,12-13,17H,10-11,14-16H2,(H,24,25,28). The fraction of sp³-hybridized carbons (Fsp3) is 0.273. The summed E-state index contributed by atoms with van der Waals surface area (Å²) in [4.78, 5) is 12.9. The normalized spacial score (nSPS) is 15.6. The van der Waals surface area contributed by atoms with Gasteiger partial charge in [-0.25, -0.2) is 8.42 Å². The van der Waals surface area contributed by atoms with Crippen molar-refractivity contribution in [1.82, 2.24) is 14.1 Å². The molecule has 0 spiro atoms. The average Bonchev–Trinajstić information content (AvgIpc) is 3.23. The van der Waals surface area contributed by atoms with Gasteiger partial charge in [-0.05, 0) is 36.6 Å². The van der Waals surface area contributed by atoms with Crippen LogP contribution in [0.15, 0.2) is 71.8 Å². The molecule has 162 valence electrons. The van der Waals surface area contributed by atoms with Crippen LogP contribution in [0.5, 0.6) is 0 Å². The van der Waals surface area contributed by atoms with Crippen LogP contribution in [-0.2, 0) is 21.4 Å². The number of piperidine rings is 1. The molecular formula is C22H23ClN4O3S. The maximum absolute atomic E-state index is 12.7. The summed E-state index contributed by atoms with van der Waals surface area (Å²) in [6.07, 6.45) is 2.73. The van der Waals surface area contributed by atoms with Crippen molar-refractivity contribution in [2.45, 2.75) is 24.3 Å². The van der Waals surface area contributed by atoms with Gasteiger partial charge in [-0.15, -0.1) is 0 Å². The zero-order valence-corrected chi connectivity index (χ0v) is 18.4. The Morgan fingerprint density at radius 1 is 1.03 bits per heavy atom.